The highest BCUT2D eigenvalue weighted by Crippen LogP contribution is 2.38. The van der Waals surface area contributed by atoms with Gasteiger partial charge in [-0.25, -0.2) is 0 Å². The first kappa shape index (κ1) is 18.1. The number of likely N-dealkylation sites (tertiary alicyclic amines) is 1. The molecule has 3 rings (SSSR count). The molecule has 2 aliphatic heterocycles. The molecule has 5 heteroatoms. The Morgan fingerprint density at radius 2 is 2.32 bits per heavy atom. The summed E-state index contributed by atoms with van der Waals surface area (Å²) in [5.41, 5.74) is 1.57. The first-order valence-electron chi connectivity index (χ1n) is 9.50. The zero-order valence-electron chi connectivity index (χ0n) is 15.6. The van der Waals surface area contributed by atoms with Gasteiger partial charge >= 0.3 is 0 Å². The molecule has 0 amide bonds. The van der Waals surface area contributed by atoms with Crippen LogP contribution in [0.25, 0.3) is 0 Å². The van der Waals surface area contributed by atoms with E-state index in [4.69, 9.17) is 9.47 Å². The summed E-state index contributed by atoms with van der Waals surface area (Å²) < 4.78 is 11.4. The van der Waals surface area contributed by atoms with E-state index in [1.54, 1.807) is 0 Å². The molecule has 1 unspecified atom stereocenters. The van der Waals surface area contributed by atoms with Crippen molar-refractivity contribution in [3.8, 4) is 5.75 Å². The predicted molar refractivity (Wildman–Crippen MR) is 101 cm³/mol. The molecule has 2 fully saturated rings. The summed E-state index contributed by atoms with van der Waals surface area (Å²) >= 11 is 0. The lowest BCUT2D eigenvalue weighted by Crippen LogP contribution is -2.41. The Balaban J connectivity index is 1.52. The quantitative estimate of drug-likeness (QED) is 0.489. The van der Waals surface area contributed by atoms with Gasteiger partial charge in [-0.15, -0.1) is 0 Å². The number of unbranched alkanes of at least 4 members (excludes halogenated alkanes) is 1. The van der Waals surface area contributed by atoms with Gasteiger partial charge in [-0.2, -0.15) is 0 Å². The van der Waals surface area contributed by atoms with Crippen LogP contribution in [0.1, 0.15) is 38.2 Å². The third-order valence-electron chi connectivity index (χ3n) is 5.25. The van der Waals surface area contributed by atoms with E-state index in [9.17, 15) is 0 Å². The van der Waals surface area contributed by atoms with Crippen LogP contribution in [0.15, 0.2) is 29.3 Å². The number of aliphatic imine (C=N–C) groups is 1. The van der Waals surface area contributed by atoms with Crippen LogP contribution in [0.4, 0.5) is 0 Å². The van der Waals surface area contributed by atoms with Crippen molar-refractivity contribution in [1.82, 2.24) is 10.2 Å². The lowest BCUT2D eigenvalue weighted by molar-refractivity contribution is 0.156. The molecule has 1 spiro atoms. The maximum atomic E-state index is 5.80. The van der Waals surface area contributed by atoms with Crippen molar-refractivity contribution in [3.05, 3.63) is 29.8 Å². The summed E-state index contributed by atoms with van der Waals surface area (Å²) in [5.74, 6) is 1.94. The largest absolute Gasteiger partial charge is 0.494 e. The van der Waals surface area contributed by atoms with E-state index in [1.165, 1.54) is 18.4 Å². The standard InChI is InChI=1S/C20H31N3O2/c1-3-4-11-25-18-7-5-6-17(13-18)14-22-19(21-2)23-10-8-20(15-23)9-12-24-16-20/h5-7,13H,3-4,8-12,14-16H2,1-2H3,(H,21,22). The molecule has 2 saturated heterocycles. The summed E-state index contributed by atoms with van der Waals surface area (Å²) in [6.45, 7) is 7.64. The molecular formula is C20H31N3O2. The topological polar surface area (TPSA) is 46.1 Å². The smallest absolute Gasteiger partial charge is 0.193 e. The van der Waals surface area contributed by atoms with Crippen LogP contribution in [0.2, 0.25) is 0 Å². The fourth-order valence-electron chi connectivity index (χ4n) is 3.68. The van der Waals surface area contributed by atoms with Gasteiger partial charge in [-0.05, 0) is 37.0 Å². The number of hydrogen-bond acceptors (Lipinski definition) is 3. The van der Waals surface area contributed by atoms with Gasteiger partial charge in [-0.1, -0.05) is 25.5 Å². The van der Waals surface area contributed by atoms with Crippen LogP contribution in [-0.4, -0.2) is 50.8 Å². The number of benzene rings is 1. The molecule has 1 atom stereocenters. The molecule has 1 aromatic rings. The van der Waals surface area contributed by atoms with E-state index in [1.807, 2.05) is 13.1 Å². The number of hydrogen-bond donors (Lipinski definition) is 1. The van der Waals surface area contributed by atoms with Gasteiger partial charge in [-0.3, -0.25) is 4.99 Å². The third-order valence-corrected chi connectivity index (χ3v) is 5.25. The summed E-state index contributed by atoms with van der Waals surface area (Å²) in [7, 11) is 1.86. The van der Waals surface area contributed by atoms with Crippen molar-refractivity contribution in [1.29, 1.82) is 0 Å². The molecule has 138 valence electrons. The Labute approximate surface area is 151 Å². The van der Waals surface area contributed by atoms with Crippen LogP contribution in [0.3, 0.4) is 0 Å². The molecule has 5 nitrogen and oxygen atoms in total. The Morgan fingerprint density at radius 1 is 1.40 bits per heavy atom. The molecule has 1 aromatic carbocycles. The number of rotatable bonds is 6. The molecule has 0 aromatic heterocycles. The number of nitrogens with zero attached hydrogens (tertiary/aromatic N) is 2. The van der Waals surface area contributed by atoms with E-state index >= 15 is 0 Å². The zero-order chi connectivity index (χ0) is 17.5. The number of nitrogens with one attached hydrogen (secondary N) is 1. The van der Waals surface area contributed by atoms with Gasteiger partial charge < -0.3 is 19.7 Å². The SMILES string of the molecule is CCCCOc1cccc(CNC(=NC)N2CCC3(CCOC3)C2)c1. The Morgan fingerprint density at radius 3 is 3.08 bits per heavy atom. The highest BCUT2D eigenvalue weighted by Gasteiger charge is 2.42. The van der Waals surface area contributed by atoms with E-state index in [0.29, 0.717) is 5.41 Å². The maximum absolute atomic E-state index is 5.80. The van der Waals surface area contributed by atoms with Gasteiger partial charge in [0.2, 0.25) is 0 Å². The summed E-state index contributed by atoms with van der Waals surface area (Å²) in [6, 6.07) is 8.33. The average molecular weight is 345 g/mol. The van der Waals surface area contributed by atoms with Crippen LogP contribution >= 0.6 is 0 Å². The van der Waals surface area contributed by atoms with E-state index in [-0.39, 0.29) is 0 Å². The van der Waals surface area contributed by atoms with E-state index in [0.717, 1.165) is 64.0 Å². The van der Waals surface area contributed by atoms with E-state index < -0.39 is 0 Å². The molecule has 1 N–H and O–H groups in total. The molecule has 2 aliphatic rings. The monoisotopic (exact) mass is 345 g/mol. The van der Waals surface area contributed by atoms with Crippen molar-refractivity contribution >= 4 is 5.96 Å². The molecule has 25 heavy (non-hydrogen) atoms. The highest BCUT2D eigenvalue weighted by atomic mass is 16.5. The Bertz CT molecular complexity index is 582. The van der Waals surface area contributed by atoms with Crippen molar-refractivity contribution in [3.63, 3.8) is 0 Å². The van der Waals surface area contributed by atoms with Crippen LogP contribution in [0, 0.1) is 5.41 Å². The normalized spacial score (nSPS) is 23.4. The molecule has 0 saturated carbocycles. The lowest BCUT2D eigenvalue weighted by atomic mass is 9.87. The molecule has 2 heterocycles. The second-order valence-corrected chi connectivity index (χ2v) is 7.22. The van der Waals surface area contributed by atoms with Gasteiger partial charge in [0.15, 0.2) is 5.96 Å². The molecule has 0 radical (unpaired) electrons. The lowest BCUT2D eigenvalue weighted by Gasteiger charge is -2.25. The van der Waals surface area contributed by atoms with Gasteiger partial charge in [0.05, 0.1) is 13.2 Å². The minimum atomic E-state index is 0.352. The second kappa shape index (κ2) is 8.56. The predicted octanol–water partition coefficient (Wildman–Crippen LogP) is 3.05. The van der Waals surface area contributed by atoms with Crippen molar-refractivity contribution in [2.45, 2.75) is 39.2 Å². The first-order chi connectivity index (χ1) is 12.2. The fourth-order valence-corrected chi connectivity index (χ4v) is 3.68. The van der Waals surface area contributed by atoms with Crippen LogP contribution < -0.4 is 10.1 Å². The average Bonchev–Trinajstić information content (AvgIpc) is 3.27. The van der Waals surface area contributed by atoms with Gasteiger partial charge in [0, 0.05) is 38.7 Å². The highest BCUT2D eigenvalue weighted by molar-refractivity contribution is 5.80. The second-order valence-electron chi connectivity index (χ2n) is 7.22. The Kier molecular flexibility index (Phi) is 6.19. The van der Waals surface area contributed by atoms with E-state index in [2.05, 4.69) is 40.3 Å². The number of guanidine groups is 1. The zero-order valence-corrected chi connectivity index (χ0v) is 15.6. The minimum Gasteiger partial charge on any atom is -0.494 e. The molecule has 0 aliphatic carbocycles. The van der Waals surface area contributed by atoms with Crippen molar-refractivity contribution in [2.75, 3.05) is 40.0 Å². The summed E-state index contributed by atoms with van der Waals surface area (Å²) in [6.07, 6.45) is 4.63. The molecule has 0 bridgehead atoms. The molecular weight excluding hydrogens is 314 g/mol. The van der Waals surface area contributed by atoms with Crippen LogP contribution in [-0.2, 0) is 11.3 Å². The number of ether oxygens (including phenoxy) is 2. The minimum absolute atomic E-state index is 0.352. The first-order valence-corrected chi connectivity index (χ1v) is 9.50. The van der Waals surface area contributed by atoms with Crippen LogP contribution in [0.5, 0.6) is 5.75 Å². The summed E-state index contributed by atoms with van der Waals surface area (Å²) in [4.78, 5) is 6.85. The van der Waals surface area contributed by atoms with Crippen molar-refractivity contribution < 1.29 is 9.47 Å². The third kappa shape index (κ3) is 4.66. The van der Waals surface area contributed by atoms with Gasteiger partial charge in [0.1, 0.15) is 5.75 Å². The van der Waals surface area contributed by atoms with Gasteiger partial charge in [0.25, 0.3) is 0 Å². The Hall–Kier alpha value is -1.75. The van der Waals surface area contributed by atoms with Crippen molar-refractivity contribution in [2.24, 2.45) is 10.4 Å². The summed E-state index contributed by atoms with van der Waals surface area (Å²) in [5, 5.41) is 3.51. The maximum Gasteiger partial charge on any atom is 0.193 e. The fraction of sp³-hybridized carbons (Fsp3) is 0.650.